The quantitative estimate of drug-likeness (QED) is 0.433. The minimum Gasteiger partial charge on any atom is -0.712 e. The minimum atomic E-state index is 0. The van der Waals surface area contributed by atoms with Crippen molar-refractivity contribution in [2.24, 2.45) is 5.11 Å². The number of hydrogen-bond donors (Lipinski definition) is 0. The standard InChI is InChI=1S/CH3N2.Y/c1-3-2;/h1H3;/q-1;. The predicted molar refractivity (Wildman–Crippen MR) is 11.7 cm³/mol. The Morgan fingerprint density at radius 3 is 1.75 bits per heavy atom. The summed E-state index contributed by atoms with van der Waals surface area (Å²) in [6.45, 7) is 0. The predicted octanol–water partition coefficient (Wildman–Crippen LogP) is 0.635. The molecule has 0 saturated heterocycles. The fourth-order valence-electron chi connectivity index (χ4n) is 0. The van der Waals surface area contributed by atoms with Gasteiger partial charge in [0.25, 0.3) is 0 Å². The zero-order chi connectivity index (χ0) is 2.71. The zero-order valence-corrected chi connectivity index (χ0v) is 5.31. The van der Waals surface area contributed by atoms with E-state index in [9.17, 15) is 0 Å². The molecule has 0 fully saturated rings. The summed E-state index contributed by atoms with van der Waals surface area (Å²) in [5, 5.41) is 2.50. The van der Waals surface area contributed by atoms with Crippen molar-refractivity contribution in [3.63, 3.8) is 0 Å². The van der Waals surface area contributed by atoms with Crippen LogP contribution in [0.15, 0.2) is 5.11 Å². The van der Waals surface area contributed by atoms with Crippen LogP contribution in [0.3, 0.4) is 0 Å². The maximum absolute atomic E-state index is 7.19. The van der Waals surface area contributed by atoms with Crippen molar-refractivity contribution in [3.05, 3.63) is 5.53 Å². The molecule has 0 atom stereocenters. The largest absolute Gasteiger partial charge is 0.712 e. The van der Waals surface area contributed by atoms with Gasteiger partial charge in [-0.15, -0.1) is 0 Å². The molecule has 0 unspecified atom stereocenters. The second-order valence-electron chi connectivity index (χ2n) is 0.200. The summed E-state index contributed by atoms with van der Waals surface area (Å²) in [7, 11) is 1.31. The van der Waals surface area contributed by atoms with Gasteiger partial charge >= 0.3 is 0 Å². The molecule has 0 spiro atoms. The summed E-state index contributed by atoms with van der Waals surface area (Å²) in [6.07, 6.45) is 0. The molecule has 0 aromatic heterocycles. The van der Waals surface area contributed by atoms with Gasteiger partial charge in [0.05, 0.1) is 0 Å². The third-order valence-electron chi connectivity index (χ3n) is 0. The molecule has 0 aliphatic carbocycles. The average Bonchev–Trinajstić information content (AvgIpc) is 0.918. The first-order valence-corrected chi connectivity index (χ1v) is 0.647. The average molecular weight is 132 g/mol. The van der Waals surface area contributed by atoms with Crippen molar-refractivity contribution < 1.29 is 32.7 Å². The van der Waals surface area contributed by atoms with Crippen LogP contribution in [0.25, 0.3) is 5.53 Å². The van der Waals surface area contributed by atoms with Crippen molar-refractivity contribution in [1.82, 2.24) is 0 Å². The van der Waals surface area contributed by atoms with Crippen LogP contribution in [0.2, 0.25) is 0 Å². The van der Waals surface area contributed by atoms with Crippen LogP contribution in [-0.4, -0.2) is 7.05 Å². The first-order chi connectivity index (χ1) is 1.41. The van der Waals surface area contributed by atoms with Gasteiger partial charge in [-0.1, -0.05) is 0 Å². The van der Waals surface area contributed by atoms with Gasteiger partial charge in [0.1, 0.15) is 0 Å². The molecule has 0 aliphatic heterocycles. The Morgan fingerprint density at radius 1 is 1.75 bits per heavy atom. The van der Waals surface area contributed by atoms with Crippen LogP contribution in [-0.2, 0) is 32.7 Å². The Balaban J connectivity index is 0. The van der Waals surface area contributed by atoms with E-state index in [1.807, 2.05) is 0 Å². The van der Waals surface area contributed by atoms with Crippen LogP contribution >= 0.6 is 0 Å². The smallest absolute Gasteiger partial charge is 0.00381 e. The maximum atomic E-state index is 7.19. The Bertz CT molecular complexity index is 13.5. The van der Waals surface area contributed by atoms with Gasteiger partial charge in [0.2, 0.25) is 0 Å². The summed E-state index contributed by atoms with van der Waals surface area (Å²) in [6, 6.07) is 0. The van der Waals surface area contributed by atoms with E-state index in [4.69, 9.17) is 5.53 Å². The van der Waals surface area contributed by atoms with E-state index in [1.165, 1.54) is 7.05 Å². The van der Waals surface area contributed by atoms with Crippen molar-refractivity contribution in [3.8, 4) is 0 Å². The molecule has 0 saturated carbocycles. The molecular formula is CH3N2Y-. The van der Waals surface area contributed by atoms with Crippen LogP contribution < -0.4 is 0 Å². The van der Waals surface area contributed by atoms with E-state index >= 15 is 0 Å². The molecule has 21 valence electrons. The second kappa shape index (κ2) is 9.33. The van der Waals surface area contributed by atoms with Gasteiger partial charge in [0, 0.05) is 39.8 Å². The summed E-state index contributed by atoms with van der Waals surface area (Å²) < 4.78 is 0. The SMILES string of the molecule is CN=[N-].[Y]. The van der Waals surface area contributed by atoms with Gasteiger partial charge in [-0.25, -0.2) is 0 Å². The molecule has 0 aromatic rings. The molecule has 0 bridgehead atoms. The second-order valence-corrected chi connectivity index (χ2v) is 0.200. The first kappa shape index (κ1) is 8.83. The van der Waals surface area contributed by atoms with Crippen molar-refractivity contribution >= 4 is 0 Å². The number of nitrogens with zero attached hydrogens (tertiary/aromatic N) is 2. The van der Waals surface area contributed by atoms with E-state index in [1.54, 1.807) is 0 Å². The monoisotopic (exact) mass is 132 g/mol. The van der Waals surface area contributed by atoms with E-state index in [2.05, 4.69) is 5.11 Å². The van der Waals surface area contributed by atoms with Gasteiger partial charge in [-0.2, -0.15) is 0 Å². The van der Waals surface area contributed by atoms with E-state index in [0.29, 0.717) is 0 Å². The van der Waals surface area contributed by atoms with Crippen LogP contribution in [0, 0.1) is 0 Å². The van der Waals surface area contributed by atoms with Crippen molar-refractivity contribution in [2.45, 2.75) is 0 Å². The van der Waals surface area contributed by atoms with Gasteiger partial charge < -0.3 is 10.6 Å². The molecule has 4 heavy (non-hydrogen) atoms. The molecule has 3 heteroatoms. The molecular weight excluding hydrogens is 129 g/mol. The fourth-order valence-corrected chi connectivity index (χ4v) is 0. The zero-order valence-electron chi connectivity index (χ0n) is 2.47. The van der Waals surface area contributed by atoms with Gasteiger partial charge in [-0.3, -0.25) is 0 Å². The van der Waals surface area contributed by atoms with Gasteiger partial charge in [0.15, 0.2) is 0 Å². The summed E-state index contributed by atoms with van der Waals surface area (Å²) in [4.78, 5) is 0. The topological polar surface area (TPSA) is 34.7 Å². The Morgan fingerprint density at radius 2 is 1.75 bits per heavy atom. The molecule has 0 aliphatic rings. The summed E-state index contributed by atoms with van der Waals surface area (Å²) >= 11 is 0. The van der Waals surface area contributed by atoms with Crippen molar-refractivity contribution in [2.75, 3.05) is 7.05 Å². The van der Waals surface area contributed by atoms with Crippen LogP contribution in [0.1, 0.15) is 0 Å². The number of hydrogen-bond acceptors (Lipinski definition) is 1. The van der Waals surface area contributed by atoms with E-state index in [0.717, 1.165) is 0 Å². The van der Waals surface area contributed by atoms with Crippen LogP contribution in [0.4, 0.5) is 0 Å². The molecule has 0 amide bonds. The van der Waals surface area contributed by atoms with Crippen LogP contribution in [0.5, 0.6) is 0 Å². The molecule has 2 nitrogen and oxygen atoms in total. The molecule has 0 rings (SSSR count). The Kier molecular flexibility index (Phi) is 20.6. The third-order valence-corrected chi connectivity index (χ3v) is 0. The minimum absolute atomic E-state index is 0. The third kappa shape index (κ3) is 15.8. The van der Waals surface area contributed by atoms with Crippen molar-refractivity contribution in [1.29, 1.82) is 0 Å². The molecule has 0 heterocycles. The summed E-state index contributed by atoms with van der Waals surface area (Å²) in [5.74, 6) is 0. The summed E-state index contributed by atoms with van der Waals surface area (Å²) in [5.41, 5.74) is 7.19. The fraction of sp³-hybridized carbons (Fsp3) is 1.00. The van der Waals surface area contributed by atoms with E-state index < -0.39 is 0 Å². The number of rotatable bonds is 0. The van der Waals surface area contributed by atoms with Gasteiger partial charge in [-0.05, 0) is 0 Å². The molecule has 0 N–H and O–H groups in total. The Labute approximate surface area is 50.4 Å². The van der Waals surface area contributed by atoms with E-state index in [-0.39, 0.29) is 32.7 Å². The normalized spacial score (nSPS) is 3.25. The Hall–Kier alpha value is 0.704. The molecule has 1 radical (unpaired) electrons. The molecule has 0 aromatic carbocycles. The first-order valence-electron chi connectivity index (χ1n) is 0.647. The maximum Gasteiger partial charge on any atom is 0.00381 e.